The average Bonchev–Trinajstić information content (AvgIpc) is 3.00. The first kappa shape index (κ1) is 10.9. The number of hydrogen-bond acceptors (Lipinski definition) is 4. The summed E-state index contributed by atoms with van der Waals surface area (Å²) in [5.74, 6) is 2.75. The predicted octanol–water partition coefficient (Wildman–Crippen LogP) is 1.69. The molecule has 3 heterocycles. The largest absolute Gasteiger partial charge is 0.454 e. The van der Waals surface area contributed by atoms with Crippen LogP contribution in [0.25, 0.3) is 11.3 Å². The van der Waals surface area contributed by atoms with Gasteiger partial charge in [-0.1, -0.05) is 0 Å². The number of imidazole rings is 1. The number of nitrogens with zero attached hydrogens (tertiary/aromatic N) is 2. The highest BCUT2D eigenvalue weighted by atomic mass is 16.7. The van der Waals surface area contributed by atoms with E-state index in [1.807, 2.05) is 12.1 Å². The summed E-state index contributed by atoms with van der Waals surface area (Å²) in [7, 11) is 0. The molecular formula is C14H15N3O2. The molecule has 1 aromatic carbocycles. The van der Waals surface area contributed by atoms with E-state index in [1.165, 1.54) is 5.69 Å². The van der Waals surface area contributed by atoms with E-state index in [2.05, 4.69) is 27.9 Å². The predicted molar refractivity (Wildman–Crippen MR) is 70.2 cm³/mol. The van der Waals surface area contributed by atoms with Crippen molar-refractivity contribution in [3.8, 4) is 22.8 Å². The minimum Gasteiger partial charge on any atom is -0.454 e. The molecule has 0 saturated heterocycles. The van der Waals surface area contributed by atoms with Gasteiger partial charge in [-0.3, -0.25) is 0 Å². The van der Waals surface area contributed by atoms with Crippen LogP contribution in [-0.2, 0) is 13.1 Å². The van der Waals surface area contributed by atoms with Gasteiger partial charge in [-0.2, -0.15) is 0 Å². The van der Waals surface area contributed by atoms with E-state index in [9.17, 15) is 0 Å². The molecule has 98 valence electrons. The summed E-state index contributed by atoms with van der Waals surface area (Å²) in [5, 5.41) is 3.35. The molecule has 0 fully saturated rings. The van der Waals surface area contributed by atoms with Crippen LogP contribution < -0.4 is 14.8 Å². The van der Waals surface area contributed by atoms with E-state index in [0.29, 0.717) is 6.79 Å². The van der Waals surface area contributed by atoms with E-state index >= 15 is 0 Å². The fourth-order valence-corrected chi connectivity index (χ4v) is 2.81. The van der Waals surface area contributed by atoms with Crippen LogP contribution in [0.1, 0.15) is 11.5 Å². The Morgan fingerprint density at radius 3 is 3.11 bits per heavy atom. The summed E-state index contributed by atoms with van der Waals surface area (Å²) < 4.78 is 13.1. The highest BCUT2D eigenvalue weighted by Crippen LogP contribution is 2.37. The number of rotatable bonds is 1. The third kappa shape index (κ3) is 1.62. The van der Waals surface area contributed by atoms with Gasteiger partial charge in [-0.15, -0.1) is 0 Å². The third-order valence-electron chi connectivity index (χ3n) is 3.66. The monoisotopic (exact) mass is 257 g/mol. The van der Waals surface area contributed by atoms with Gasteiger partial charge in [0.1, 0.15) is 5.82 Å². The van der Waals surface area contributed by atoms with Crippen molar-refractivity contribution in [2.75, 3.05) is 13.3 Å². The Balaban J connectivity index is 1.86. The zero-order valence-electron chi connectivity index (χ0n) is 10.8. The maximum atomic E-state index is 5.46. The topological polar surface area (TPSA) is 48.3 Å². The molecule has 0 saturated carbocycles. The molecule has 2 aliphatic rings. The number of ether oxygens (including phenoxy) is 2. The SMILES string of the molecule is Cc1nc2n(c1-c1ccc3c(c1)OCO3)CCNC2. The molecule has 5 nitrogen and oxygen atoms in total. The van der Waals surface area contributed by atoms with Gasteiger partial charge in [0.05, 0.1) is 17.9 Å². The van der Waals surface area contributed by atoms with Crippen LogP contribution in [0.5, 0.6) is 11.5 Å². The lowest BCUT2D eigenvalue weighted by molar-refractivity contribution is 0.174. The Hall–Kier alpha value is -2.01. The van der Waals surface area contributed by atoms with Gasteiger partial charge in [-0.25, -0.2) is 4.98 Å². The van der Waals surface area contributed by atoms with Crippen molar-refractivity contribution in [2.24, 2.45) is 0 Å². The van der Waals surface area contributed by atoms with Crippen LogP contribution in [0, 0.1) is 6.92 Å². The molecule has 1 N–H and O–H groups in total. The Morgan fingerprint density at radius 2 is 2.16 bits per heavy atom. The van der Waals surface area contributed by atoms with Gasteiger partial charge >= 0.3 is 0 Å². The quantitative estimate of drug-likeness (QED) is 0.844. The van der Waals surface area contributed by atoms with Crippen molar-refractivity contribution in [3.63, 3.8) is 0 Å². The molecule has 0 amide bonds. The van der Waals surface area contributed by atoms with Gasteiger partial charge in [0.15, 0.2) is 11.5 Å². The first-order chi connectivity index (χ1) is 9.33. The molecule has 0 radical (unpaired) electrons. The number of aryl methyl sites for hydroxylation is 1. The van der Waals surface area contributed by atoms with Crippen molar-refractivity contribution in [3.05, 3.63) is 29.7 Å². The van der Waals surface area contributed by atoms with Crippen LogP contribution in [-0.4, -0.2) is 22.9 Å². The van der Waals surface area contributed by atoms with Crippen LogP contribution >= 0.6 is 0 Å². The summed E-state index contributed by atoms with van der Waals surface area (Å²) in [6.45, 7) is 5.16. The lowest BCUT2D eigenvalue weighted by Gasteiger charge is -2.17. The summed E-state index contributed by atoms with van der Waals surface area (Å²) in [6.07, 6.45) is 0. The number of aromatic nitrogens is 2. The van der Waals surface area contributed by atoms with E-state index < -0.39 is 0 Å². The maximum Gasteiger partial charge on any atom is 0.231 e. The second kappa shape index (κ2) is 3.99. The molecule has 5 heteroatoms. The van der Waals surface area contributed by atoms with Gasteiger partial charge in [0.25, 0.3) is 0 Å². The number of hydrogen-bond donors (Lipinski definition) is 1. The molecular weight excluding hydrogens is 242 g/mol. The molecule has 0 spiro atoms. The van der Waals surface area contributed by atoms with Crippen LogP contribution in [0.2, 0.25) is 0 Å². The standard InChI is InChI=1S/C14H15N3O2/c1-9-14(17-5-4-15-7-13(17)16-9)10-2-3-11-12(6-10)19-8-18-11/h2-3,6,15H,4-5,7-8H2,1H3. The van der Waals surface area contributed by atoms with Crippen LogP contribution in [0.4, 0.5) is 0 Å². The van der Waals surface area contributed by atoms with Crippen molar-refractivity contribution in [1.82, 2.24) is 14.9 Å². The molecule has 19 heavy (non-hydrogen) atoms. The molecule has 2 aliphatic heterocycles. The summed E-state index contributed by atoms with van der Waals surface area (Å²) >= 11 is 0. The number of benzene rings is 1. The lowest BCUT2D eigenvalue weighted by Crippen LogP contribution is -2.28. The van der Waals surface area contributed by atoms with Gasteiger partial charge in [-0.05, 0) is 25.1 Å². The van der Waals surface area contributed by atoms with E-state index in [4.69, 9.17) is 9.47 Å². The zero-order chi connectivity index (χ0) is 12.8. The molecule has 0 unspecified atom stereocenters. The minimum absolute atomic E-state index is 0.312. The third-order valence-corrected chi connectivity index (χ3v) is 3.66. The van der Waals surface area contributed by atoms with Gasteiger partial charge in [0, 0.05) is 18.7 Å². The smallest absolute Gasteiger partial charge is 0.231 e. The van der Waals surface area contributed by atoms with Crippen molar-refractivity contribution >= 4 is 0 Å². The number of fused-ring (bicyclic) bond motifs is 2. The second-order valence-corrected chi connectivity index (χ2v) is 4.86. The molecule has 4 rings (SSSR count). The molecule has 0 aliphatic carbocycles. The molecule has 2 aromatic rings. The first-order valence-electron chi connectivity index (χ1n) is 6.49. The summed E-state index contributed by atoms with van der Waals surface area (Å²) in [4.78, 5) is 4.65. The van der Waals surface area contributed by atoms with Crippen LogP contribution in [0.15, 0.2) is 18.2 Å². The average molecular weight is 257 g/mol. The van der Waals surface area contributed by atoms with Gasteiger partial charge in [0.2, 0.25) is 6.79 Å². The molecule has 1 aromatic heterocycles. The van der Waals surface area contributed by atoms with E-state index in [1.54, 1.807) is 0 Å². The van der Waals surface area contributed by atoms with Crippen molar-refractivity contribution < 1.29 is 9.47 Å². The Kier molecular flexibility index (Phi) is 2.29. The Bertz CT molecular complexity index is 648. The minimum atomic E-state index is 0.312. The molecule has 0 bridgehead atoms. The second-order valence-electron chi connectivity index (χ2n) is 4.86. The highest BCUT2D eigenvalue weighted by molar-refractivity contribution is 5.67. The van der Waals surface area contributed by atoms with Crippen LogP contribution in [0.3, 0.4) is 0 Å². The van der Waals surface area contributed by atoms with Crippen molar-refractivity contribution in [1.29, 1.82) is 0 Å². The summed E-state index contributed by atoms with van der Waals surface area (Å²) in [6, 6.07) is 6.09. The fraction of sp³-hybridized carbons (Fsp3) is 0.357. The maximum absolute atomic E-state index is 5.46. The van der Waals surface area contributed by atoms with E-state index in [-0.39, 0.29) is 0 Å². The Morgan fingerprint density at radius 1 is 1.26 bits per heavy atom. The fourth-order valence-electron chi connectivity index (χ4n) is 2.81. The van der Waals surface area contributed by atoms with E-state index in [0.717, 1.165) is 48.2 Å². The normalized spacial score (nSPS) is 16.5. The lowest BCUT2D eigenvalue weighted by atomic mass is 10.1. The molecule has 0 atom stereocenters. The highest BCUT2D eigenvalue weighted by Gasteiger charge is 2.21. The summed E-state index contributed by atoms with van der Waals surface area (Å²) in [5.41, 5.74) is 3.40. The number of nitrogens with one attached hydrogen (secondary N) is 1. The Labute approximate surface area is 111 Å². The van der Waals surface area contributed by atoms with Gasteiger partial charge < -0.3 is 19.4 Å². The zero-order valence-corrected chi connectivity index (χ0v) is 10.8. The first-order valence-corrected chi connectivity index (χ1v) is 6.49. The van der Waals surface area contributed by atoms with Crippen molar-refractivity contribution in [2.45, 2.75) is 20.0 Å².